The Bertz CT molecular complexity index is 2400. The zero-order valence-electron chi connectivity index (χ0n) is 30.3. The highest BCUT2D eigenvalue weighted by atomic mass is 15.0. The summed E-state index contributed by atoms with van der Waals surface area (Å²) in [5.41, 5.74) is 9.56. The summed E-state index contributed by atoms with van der Waals surface area (Å²) in [4.78, 5) is 15.2. The lowest BCUT2D eigenvalue weighted by Crippen LogP contribution is -2.42. The largest absolute Gasteiger partial charge is 0.208 e. The van der Waals surface area contributed by atoms with Crippen molar-refractivity contribution in [2.24, 2.45) is 17.8 Å². The number of rotatable bonds is 6. The standard InChI is InChI=1S/C49H42N4/c1-32-23-35-24-33(2)29-49(28-32,30-35)45-22-21-42(43-15-9-10-16-44(43)45)40-25-39(36-19-17-34(31-50)18-20-36)26-41(27-40)48-52-46(37-11-5-3-6-12-37)51-47(53-48)38-13-7-4-8-14-38/h3-22,25-27,32-33,35H,23-24,28-30H2,1-2H3/t32-,33+,35-,49?. The van der Waals surface area contributed by atoms with Gasteiger partial charge in [0.1, 0.15) is 0 Å². The highest BCUT2D eigenvalue weighted by molar-refractivity contribution is 6.00. The fourth-order valence-corrected chi connectivity index (χ4v) is 9.80. The quantitative estimate of drug-likeness (QED) is 0.175. The van der Waals surface area contributed by atoms with E-state index in [-0.39, 0.29) is 5.41 Å². The van der Waals surface area contributed by atoms with Crippen molar-refractivity contribution in [1.82, 2.24) is 15.0 Å². The molecule has 2 aliphatic rings. The van der Waals surface area contributed by atoms with Crippen LogP contribution in [0.25, 0.3) is 67.2 Å². The van der Waals surface area contributed by atoms with Crippen LogP contribution in [0.2, 0.25) is 0 Å². The highest BCUT2D eigenvalue weighted by Crippen LogP contribution is 2.55. The van der Waals surface area contributed by atoms with Crippen LogP contribution in [0, 0.1) is 29.1 Å². The summed E-state index contributed by atoms with van der Waals surface area (Å²) in [5.74, 6) is 4.19. The second kappa shape index (κ2) is 13.6. The van der Waals surface area contributed by atoms with Gasteiger partial charge in [0.2, 0.25) is 0 Å². The van der Waals surface area contributed by atoms with Crippen molar-refractivity contribution < 1.29 is 0 Å². The number of fused-ring (bicyclic) bond motifs is 3. The summed E-state index contributed by atoms with van der Waals surface area (Å²) in [6.07, 6.45) is 6.56. The average molecular weight is 687 g/mol. The minimum atomic E-state index is 0.222. The van der Waals surface area contributed by atoms with Crippen LogP contribution in [-0.4, -0.2) is 15.0 Å². The second-order valence-corrected chi connectivity index (χ2v) is 15.7. The molecule has 4 heteroatoms. The molecule has 0 aliphatic heterocycles. The molecule has 0 radical (unpaired) electrons. The lowest BCUT2D eigenvalue weighted by Gasteiger charge is -2.51. The van der Waals surface area contributed by atoms with Gasteiger partial charge in [0.05, 0.1) is 11.6 Å². The zero-order chi connectivity index (χ0) is 35.9. The van der Waals surface area contributed by atoms with Crippen LogP contribution < -0.4 is 0 Å². The maximum absolute atomic E-state index is 9.55. The molecule has 2 saturated carbocycles. The van der Waals surface area contributed by atoms with Gasteiger partial charge in [-0.2, -0.15) is 5.26 Å². The Balaban J connectivity index is 1.25. The maximum atomic E-state index is 9.55. The fraction of sp³-hybridized carbons (Fsp3) is 0.224. The smallest absolute Gasteiger partial charge is 0.164 e. The molecule has 7 aromatic rings. The van der Waals surface area contributed by atoms with Crippen molar-refractivity contribution in [1.29, 1.82) is 5.26 Å². The van der Waals surface area contributed by atoms with E-state index in [0.717, 1.165) is 51.1 Å². The van der Waals surface area contributed by atoms with E-state index in [1.54, 1.807) is 0 Å². The summed E-state index contributed by atoms with van der Waals surface area (Å²) in [5, 5.41) is 12.2. The van der Waals surface area contributed by atoms with Crippen molar-refractivity contribution in [3.05, 3.63) is 151 Å². The van der Waals surface area contributed by atoms with Crippen LogP contribution in [0.5, 0.6) is 0 Å². The van der Waals surface area contributed by atoms with E-state index in [0.29, 0.717) is 23.0 Å². The zero-order valence-corrected chi connectivity index (χ0v) is 30.3. The summed E-state index contributed by atoms with van der Waals surface area (Å²) >= 11 is 0. The molecule has 2 aliphatic carbocycles. The third-order valence-corrected chi connectivity index (χ3v) is 11.7. The topological polar surface area (TPSA) is 62.5 Å². The minimum Gasteiger partial charge on any atom is -0.208 e. The molecule has 0 N–H and O–H groups in total. The van der Waals surface area contributed by atoms with Crippen molar-refractivity contribution in [3.8, 4) is 62.5 Å². The van der Waals surface area contributed by atoms with Gasteiger partial charge in [-0.15, -0.1) is 0 Å². The van der Waals surface area contributed by atoms with Crippen LogP contribution in [0.3, 0.4) is 0 Å². The Morgan fingerprint density at radius 3 is 1.64 bits per heavy atom. The molecule has 0 saturated heterocycles. The summed E-state index contributed by atoms with van der Waals surface area (Å²) in [7, 11) is 0. The van der Waals surface area contributed by atoms with Gasteiger partial charge in [-0.1, -0.05) is 123 Å². The molecular weight excluding hydrogens is 645 g/mol. The number of nitriles is 1. The van der Waals surface area contributed by atoms with E-state index < -0.39 is 0 Å². The number of benzene rings is 6. The third kappa shape index (κ3) is 6.31. The van der Waals surface area contributed by atoms with Gasteiger partial charge in [-0.05, 0) is 124 Å². The Kier molecular flexibility index (Phi) is 8.43. The molecule has 2 fully saturated rings. The van der Waals surface area contributed by atoms with Gasteiger partial charge in [-0.3, -0.25) is 0 Å². The molecule has 0 amide bonds. The van der Waals surface area contributed by atoms with E-state index in [9.17, 15) is 5.26 Å². The molecule has 53 heavy (non-hydrogen) atoms. The molecule has 6 aromatic carbocycles. The van der Waals surface area contributed by atoms with Crippen molar-refractivity contribution in [2.75, 3.05) is 0 Å². The molecule has 4 atom stereocenters. The fourth-order valence-electron chi connectivity index (χ4n) is 9.80. The number of hydrogen-bond acceptors (Lipinski definition) is 4. The molecule has 0 spiro atoms. The van der Waals surface area contributed by atoms with Crippen LogP contribution in [0.1, 0.15) is 57.1 Å². The lowest BCUT2D eigenvalue weighted by atomic mass is 9.54. The van der Waals surface area contributed by atoms with E-state index in [4.69, 9.17) is 15.0 Å². The Morgan fingerprint density at radius 1 is 0.509 bits per heavy atom. The summed E-state index contributed by atoms with van der Waals surface area (Å²) < 4.78 is 0. The molecule has 2 bridgehead atoms. The van der Waals surface area contributed by atoms with Crippen LogP contribution >= 0.6 is 0 Å². The Hall–Kier alpha value is -5.92. The summed E-state index contributed by atoms with van der Waals surface area (Å²) in [6.45, 7) is 4.94. The van der Waals surface area contributed by atoms with Crippen LogP contribution in [0.4, 0.5) is 0 Å². The highest BCUT2D eigenvalue weighted by Gasteiger charge is 2.45. The minimum absolute atomic E-state index is 0.222. The molecular formula is C49H42N4. The lowest BCUT2D eigenvalue weighted by molar-refractivity contribution is 0.0790. The maximum Gasteiger partial charge on any atom is 0.164 e. The molecule has 9 rings (SSSR count). The van der Waals surface area contributed by atoms with Gasteiger partial charge in [0.15, 0.2) is 17.5 Å². The van der Waals surface area contributed by atoms with Gasteiger partial charge < -0.3 is 0 Å². The van der Waals surface area contributed by atoms with Gasteiger partial charge >= 0.3 is 0 Å². The Morgan fingerprint density at radius 2 is 1.04 bits per heavy atom. The van der Waals surface area contributed by atoms with Crippen molar-refractivity contribution in [3.63, 3.8) is 0 Å². The first-order chi connectivity index (χ1) is 25.9. The molecule has 1 heterocycles. The second-order valence-electron chi connectivity index (χ2n) is 15.7. The molecule has 1 unspecified atom stereocenters. The molecule has 1 aromatic heterocycles. The number of hydrogen-bond donors (Lipinski definition) is 0. The van der Waals surface area contributed by atoms with Crippen molar-refractivity contribution >= 4 is 10.8 Å². The van der Waals surface area contributed by atoms with Crippen molar-refractivity contribution in [2.45, 2.75) is 51.4 Å². The van der Waals surface area contributed by atoms with E-state index in [1.165, 1.54) is 54.0 Å². The predicted molar refractivity (Wildman–Crippen MR) is 216 cm³/mol. The van der Waals surface area contributed by atoms with Gasteiger partial charge in [0.25, 0.3) is 0 Å². The summed E-state index contributed by atoms with van der Waals surface area (Å²) in [6, 6.07) is 50.9. The van der Waals surface area contributed by atoms with Crippen LogP contribution in [0.15, 0.2) is 140 Å². The average Bonchev–Trinajstić information content (AvgIpc) is 3.20. The first-order valence-corrected chi connectivity index (χ1v) is 19.0. The van der Waals surface area contributed by atoms with Gasteiger partial charge in [0, 0.05) is 16.7 Å². The molecule has 258 valence electrons. The normalized spacial score (nSPS) is 20.9. The SMILES string of the molecule is C[C@@H]1C[C@@H]2C[C@H](C)CC(c3ccc(-c4cc(-c5ccc(C#N)cc5)cc(-c5nc(-c6ccccc6)nc(-c6ccccc6)n5)c4)c4ccccc34)(C1)C2. The number of nitrogens with zero attached hydrogens (tertiary/aromatic N) is 4. The van der Waals surface area contributed by atoms with Crippen LogP contribution in [-0.2, 0) is 5.41 Å². The van der Waals surface area contributed by atoms with E-state index >= 15 is 0 Å². The Labute approximate surface area is 312 Å². The first kappa shape index (κ1) is 33.0. The monoisotopic (exact) mass is 686 g/mol. The number of aromatic nitrogens is 3. The van der Waals surface area contributed by atoms with E-state index in [1.807, 2.05) is 84.9 Å². The third-order valence-electron chi connectivity index (χ3n) is 11.7. The predicted octanol–water partition coefficient (Wildman–Crippen LogP) is 12.3. The van der Waals surface area contributed by atoms with Gasteiger partial charge in [-0.25, -0.2) is 15.0 Å². The molecule has 4 nitrogen and oxygen atoms in total. The van der Waals surface area contributed by atoms with E-state index in [2.05, 4.69) is 74.5 Å². The first-order valence-electron chi connectivity index (χ1n) is 19.0.